The molecule has 0 aliphatic carbocycles. The highest BCUT2D eigenvalue weighted by molar-refractivity contribution is 9.10. The molecule has 0 radical (unpaired) electrons. The number of anilines is 1. The van der Waals surface area contributed by atoms with Gasteiger partial charge in [0.25, 0.3) is 0 Å². The first-order chi connectivity index (χ1) is 8.78. The Kier molecular flexibility index (Phi) is 5.93. The van der Waals surface area contributed by atoms with Crippen molar-refractivity contribution < 1.29 is 17.9 Å². The number of nitrogens with one attached hydrogen (secondary N) is 1. The van der Waals surface area contributed by atoms with Crippen molar-refractivity contribution in [2.75, 3.05) is 32.5 Å². The van der Waals surface area contributed by atoms with Crippen LogP contribution in [0.5, 0.6) is 5.75 Å². The minimum absolute atomic E-state index is 0.244. The molecule has 108 valence electrons. The average Bonchev–Trinajstić information content (AvgIpc) is 2.26. The van der Waals surface area contributed by atoms with Crippen LogP contribution in [-0.2, 0) is 0 Å². The number of hydrogen-bond acceptors (Lipinski definition) is 3. The maximum Gasteiger partial charge on any atom is 0.573 e. The summed E-state index contributed by atoms with van der Waals surface area (Å²) in [5.74, 6) is -0.244. The summed E-state index contributed by atoms with van der Waals surface area (Å²) >= 11 is 3.06. The first-order valence-electron chi connectivity index (χ1n) is 5.72. The third kappa shape index (κ3) is 6.68. The predicted molar refractivity (Wildman–Crippen MR) is 72.5 cm³/mol. The van der Waals surface area contributed by atoms with Crippen molar-refractivity contribution >= 4 is 21.6 Å². The lowest BCUT2D eigenvalue weighted by Gasteiger charge is -2.13. The molecule has 0 unspecified atom stereocenters. The smallest absolute Gasteiger partial charge is 0.405 e. The van der Waals surface area contributed by atoms with E-state index in [1.54, 1.807) is 12.1 Å². The minimum Gasteiger partial charge on any atom is -0.405 e. The van der Waals surface area contributed by atoms with Gasteiger partial charge in [0, 0.05) is 12.2 Å². The van der Waals surface area contributed by atoms with Gasteiger partial charge < -0.3 is 15.0 Å². The van der Waals surface area contributed by atoms with E-state index in [1.807, 2.05) is 14.1 Å². The van der Waals surface area contributed by atoms with Crippen LogP contribution in [0.2, 0.25) is 0 Å². The molecule has 0 aromatic heterocycles. The number of nitrogens with zero attached hydrogens (tertiary/aromatic N) is 1. The predicted octanol–water partition coefficient (Wildman–Crippen LogP) is 3.71. The summed E-state index contributed by atoms with van der Waals surface area (Å²) < 4.78 is 40.4. The lowest BCUT2D eigenvalue weighted by molar-refractivity contribution is -0.274. The van der Waals surface area contributed by atoms with E-state index < -0.39 is 6.36 Å². The maximum absolute atomic E-state index is 12.1. The first kappa shape index (κ1) is 16.1. The zero-order valence-electron chi connectivity index (χ0n) is 10.7. The van der Waals surface area contributed by atoms with Gasteiger partial charge in [0.2, 0.25) is 0 Å². The van der Waals surface area contributed by atoms with Crippen LogP contribution in [0.3, 0.4) is 0 Å². The summed E-state index contributed by atoms with van der Waals surface area (Å²) in [4.78, 5) is 2.07. The van der Waals surface area contributed by atoms with Gasteiger partial charge >= 0.3 is 6.36 Å². The third-order valence-corrected chi connectivity index (χ3v) is 2.89. The molecule has 3 nitrogen and oxygen atoms in total. The normalized spacial score (nSPS) is 11.7. The molecule has 1 rings (SSSR count). The van der Waals surface area contributed by atoms with Crippen molar-refractivity contribution in [2.45, 2.75) is 12.8 Å². The van der Waals surface area contributed by atoms with Crippen molar-refractivity contribution in [3.8, 4) is 5.75 Å². The SMILES string of the molecule is CN(C)CCCNc1ccc(OC(F)(F)F)c(Br)c1. The molecule has 7 heteroatoms. The van der Waals surface area contributed by atoms with Gasteiger partial charge in [0.15, 0.2) is 0 Å². The molecule has 0 fully saturated rings. The Morgan fingerprint density at radius 1 is 1.32 bits per heavy atom. The zero-order chi connectivity index (χ0) is 14.5. The Bertz CT molecular complexity index is 410. The van der Waals surface area contributed by atoms with Gasteiger partial charge in [-0.15, -0.1) is 13.2 Å². The van der Waals surface area contributed by atoms with Crippen LogP contribution in [0.4, 0.5) is 18.9 Å². The van der Waals surface area contributed by atoms with Crippen LogP contribution in [0, 0.1) is 0 Å². The number of benzene rings is 1. The topological polar surface area (TPSA) is 24.5 Å². The number of alkyl halides is 3. The van der Waals surface area contributed by atoms with Crippen LogP contribution < -0.4 is 10.1 Å². The number of hydrogen-bond donors (Lipinski definition) is 1. The Morgan fingerprint density at radius 2 is 2.00 bits per heavy atom. The van der Waals surface area contributed by atoms with Gasteiger partial charge in [-0.25, -0.2) is 0 Å². The molecule has 0 aliphatic heterocycles. The van der Waals surface area contributed by atoms with E-state index in [2.05, 4.69) is 30.9 Å². The molecule has 1 aromatic rings. The lowest BCUT2D eigenvalue weighted by atomic mass is 10.3. The van der Waals surface area contributed by atoms with Crippen LogP contribution in [0.1, 0.15) is 6.42 Å². The van der Waals surface area contributed by atoms with Crippen molar-refractivity contribution in [1.82, 2.24) is 4.90 Å². The molecule has 0 bridgehead atoms. The van der Waals surface area contributed by atoms with Crippen LogP contribution in [0.25, 0.3) is 0 Å². The van der Waals surface area contributed by atoms with Crippen LogP contribution in [0.15, 0.2) is 22.7 Å². The molecule has 0 atom stereocenters. The van der Waals surface area contributed by atoms with E-state index >= 15 is 0 Å². The van der Waals surface area contributed by atoms with Gasteiger partial charge in [0.1, 0.15) is 5.75 Å². The largest absolute Gasteiger partial charge is 0.573 e. The summed E-state index contributed by atoms with van der Waals surface area (Å²) in [5.41, 5.74) is 0.750. The minimum atomic E-state index is -4.68. The zero-order valence-corrected chi connectivity index (χ0v) is 12.3. The van der Waals surface area contributed by atoms with E-state index in [1.165, 1.54) is 6.07 Å². The highest BCUT2D eigenvalue weighted by Crippen LogP contribution is 2.32. The molecule has 0 amide bonds. The molecule has 1 aromatic carbocycles. The molecule has 0 aliphatic rings. The van der Waals surface area contributed by atoms with Gasteiger partial charge in [-0.1, -0.05) is 0 Å². The molecule has 1 N–H and O–H groups in total. The Morgan fingerprint density at radius 3 is 2.53 bits per heavy atom. The van der Waals surface area contributed by atoms with Crippen molar-refractivity contribution in [1.29, 1.82) is 0 Å². The number of halogens is 4. The first-order valence-corrected chi connectivity index (χ1v) is 6.51. The van der Waals surface area contributed by atoms with E-state index in [-0.39, 0.29) is 10.2 Å². The Labute approximate surface area is 118 Å². The molecule has 0 heterocycles. The second kappa shape index (κ2) is 7.00. The third-order valence-electron chi connectivity index (χ3n) is 2.27. The summed E-state index contributed by atoms with van der Waals surface area (Å²) in [5, 5.41) is 3.14. The van der Waals surface area contributed by atoms with Crippen LogP contribution in [-0.4, -0.2) is 38.4 Å². The van der Waals surface area contributed by atoms with Crippen molar-refractivity contribution in [2.24, 2.45) is 0 Å². The standard InChI is InChI=1S/C12H16BrF3N2O/c1-18(2)7-3-6-17-9-4-5-11(10(13)8-9)19-12(14,15)16/h4-5,8,17H,3,6-7H2,1-2H3. The van der Waals surface area contributed by atoms with E-state index in [0.29, 0.717) is 0 Å². The van der Waals surface area contributed by atoms with Gasteiger partial charge in [-0.2, -0.15) is 0 Å². The molecule has 0 saturated heterocycles. The van der Waals surface area contributed by atoms with Crippen LogP contribution >= 0.6 is 15.9 Å². The number of rotatable bonds is 6. The van der Waals surface area contributed by atoms with E-state index in [0.717, 1.165) is 25.2 Å². The molecule has 19 heavy (non-hydrogen) atoms. The van der Waals surface area contributed by atoms with Gasteiger partial charge in [-0.05, 0) is 61.2 Å². The van der Waals surface area contributed by atoms with Gasteiger partial charge in [0.05, 0.1) is 4.47 Å². The average molecular weight is 341 g/mol. The molecule has 0 saturated carbocycles. The molecular formula is C12H16BrF3N2O. The highest BCUT2D eigenvalue weighted by Gasteiger charge is 2.31. The summed E-state index contributed by atoms with van der Waals surface area (Å²) in [6.45, 7) is 1.70. The fourth-order valence-corrected chi connectivity index (χ4v) is 1.91. The molecular weight excluding hydrogens is 325 g/mol. The quantitative estimate of drug-likeness (QED) is 0.799. The fraction of sp³-hybridized carbons (Fsp3) is 0.500. The van der Waals surface area contributed by atoms with Crippen molar-refractivity contribution in [3.63, 3.8) is 0 Å². The Hall–Kier alpha value is -0.950. The van der Waals surface area contributed by atoms with E-state index in [4.69, 9.17) is 0 Å². The maximum atomic E-state index is 12.1. The fourth-order valence-electron chi connectivity index (χ4n) is 1.45. The Balaban J connectivity index is 2.52. The number of ether oxygens (including phenoxy) is 1. The monoisotopic (exact) mass is 340 g/mol. The van der Waals surface area contributed by atoms with E-state index in [9.17, 15) is 13.2 Å². The summed E-state index contributed by atoms with van der Waals surface area (Å²) in [6, 6.07) is 4.41. The second-order valence-corrected chi connectivity index (χ2v) is 5.13. The molecule has 0 spiro atoms. The van der Waals surface area contributed by atoms with Crippen molar-refractivity contribution in [3.05, 3.63) is 22.7 Å². The highest BCUT2D eigenvalue weighted by atomic mass is 79.9. The lowest BCUT2D eigenvalue weighted by Crippen LogP contribution is -2.17. The van der Waals surface area contributed by atoms with Gasteiger partial charge in [-0.3, -0.25) is 0 Å². The summed E-state index contributed by atoms with van der Waals surface area (Å²) in [7, 11) is 3.97. The summed E-state index contributed by atoms with van der Waals surface area (Å²) in [6.07, 6.45) is -3.73. The second-order valence-electron chi connectivity index (χ2n) is 4.28.